The Morgan fingerprint density at radius 1 is 0.620 bits per heavy atom. The number of allylic oxidation sites excluding steroid dienone is 6. The smallest absolute Gasteiger partial charge is 0.362 e. The summed E-state index contributed by atoms with van der Waals surface area (Å²) in [4.78, 5) is 36.8. The van der Waals surface area contributed by atoms with Crippen LogP contribution in [0.15, 0.2) is 36.5 Å². The normalized spacial score (nSPS) is 13.4. The van der Waals surface area contributed by atoms with Crippen molar-refractivity contribution in [1.29, 1.82) is 0 Å². The predicted molar refractivity (Wildman–Crippen MR) is 206 cm³/mol. The molecule has 1 N–H and O–H groups in total. The van der Waals surface area contributed by atoms with E-state index in [1.807, 2.05) is 21.1 Å². The Kier molecular flexibility index (Phi) is 32.0. The molecule has 0 rings (SSSR count). The standard InChI is InChI=1S/C42H75NO7/c1-6-8-10-12-14-16-18-19-20-21-23-25-27-29-31-33-41(45)50-38(36-48-35-34-39(42(46)47)43(3,4)5)37-49-40(44)32-30-28-26-24-22-17-15-13-11-9-7-2/h8,10,14,16,19-20,38-39H,6-7,9,11-13,15,17-18,21-37H2,1-5H3/p+1/b10-8-,16-14-,20-19-. The van der Waals surface area contributed by atoms with Crippen LogP contribution in [-0.4, -0.2) is 80.6 Å². The number of likely N-dealkylation sites (N-methyl/N-ethyl adjacent to an activating group) is 1. The van der Waals surface area contributed by atoms with Crippen LogP contribution in [0.3, 0.4) is 0 Å². The summed E-state index contributed by atoms with van der Waals surface area (Å²) in [6, 6.07) is -0.615. The molecule has 8 heteroatoms. The fourth-order valence-corrected chi connectivity index (χ4v) is 5.69. The number of quaternary nitrogens is 1. The van der Waals surface area contributed by atoms with Gasteiger partial charge in [0.1, 0.15) is 6.61 Å². The lowest BCUT2D eigenvalue weighted by atomic mass is 10.1. The number of carboxylic acid groups (broad SMARTS) is 1. The molecule has 0 heterocycles. The summed E-state index contributed by atoms with van der Waals surface area (Å²) in [6.07, 6.45) is 36.1. The van der Waals surface area contributed by atoms with E-state index in [2.05, 4.69) is 50.3 Å². The highest BCUT2D eigenvalue weighted by molar-refractivity contribution is 5.72. The van der Waals surface area contributed by atoms with Gasteiger partial charge in [-0.15, -0.1) is 0 Å². The first-order valence-corrected chi connectivity index (χ1v) is 20.0. The molecule has 2 atom stereocenters. The summed E-state index contributed by atoms with van der Waals surface area (Å²) < 4.78 is 17.2. The number of ether oxygens (including phenoxy) is 3. The van der Waals surface area contributed by atoms with Gasteiger partial charge >= 0.3 is 17.9 Å². The van der Waals surface area contributed by atoms with Crippen LogP contribution in [0.5, 0.6) is 0 Å². The lowest BCUT2D eigenvalue weighted by Gasteiger charge is -2.31. The first-order valence-electron chi connectivity index (χ1n) is 20.0. The van der Waals surface area contributed by atoms with E-state index in [4.69, 9.17) is 14.2 Å². The predicted octanol–water partition coefficient (Wildman–Crippen LogP) is 10.3. The monoisotopic (exact) mass is 707 g/mol. The van der Waals surface area contributed by atoms with Gasteiger partial charge in [0, 0.05) is 19.3 Å². The molecule has 0 saturated heterocycles. The summed E-state index contributed by atoms with van der Waals surface area (Å²) in [6.45, 7) is 4.59. The summed E-state index contributed by atoms with van der Waals surface area (Å²) in [5.41, 5.74) is 0. The molecule has 290 valence electrons. The third-order valence-electron chi connectivity index (χ3n) is 8.80. The zero-order chi connectivity index (χ0) is 37.1. The van der Waals surface area contributed by atoms with Crippen molar-refractivity contribution in [3.63, 3.8) is 0 Å². The zero-order valence-corrected chi connectivity index (χ0v) is 32.8. The molecule has 0 fully saturated rings. The molecule has 0 aliphatic rings. The summed E-state index contributed by atoms with van der Waals surface area (Å²) >= 11 is 0. The summed E-state index contributed by atoms with van der Waals surface area (Å²) in [5, 5.41) is 9.59. The number of nitrogens with zero attached hydrogens (tertiary/aromatic N) is 1. The first-order chi connectivity index (χ1) is 24.1. The highest BCUT2D eigenvalue weighted by atomic mass is 16.6. The van der Waals surface area contributed by atoms with Gasteiger partial charge in [0.05, 0.1) is 34.4 Å². The summed E-state index contributed by atoms with van der Waals surface area (Å²) in [7, 11) is 5.51. The molecule has 0 aromatic heterocycles. The van der Waals surface area contributed by atoms with Crippen molar-refractivity contribution in [2.45, 2.75) is 174 Å². The van der Waals surface area contributed by atoms with E-state index >= 15 is 0 Å². The number of carboxylic acids is 1. The number of unbranched alkanes of at least 4 members (excludes halogenated alkanes) is 15. The molecule has 2 unspecified atom stereocenters. The van der Waals surface area contributed by atoms with Crippen molar-refractivity contribution in [3.8, 4) is 0 Å². The molecule has 0 amide bonds. The van der Waals surface area contributed by atoms with Crippen LogP contribution in [0.25, 0.3) is 0 Å². The minimum Gasteiger partial charge on any atom is -0.477 e. The average molecular weight is 707 g/mol. The van der Waals surface area contributed by atoms with Gasteiger partial charge in [-0.2, -0.15) is 0 Å². The molecule has 0 radical (unpaired) electrons. The maximum absolute atomic E-state index is 12.7. The average Bonchev–Trinajstić information content (AvgIpc) is 3.06. The Labute approximate surface area is 306 Å². The van der Waals surface area contributed by atoms with E-state index in [9.17, 15) is 19.5 Å². The zero-order valence-electron chi connectivity index (χ0n) is 32.8. The minimum atomic E-state index is -0.879. The number of hydrogen-bond donors (Lipinski definition) is 1. The van der Waals surface area contributed by atoms with E-state index in [1.165, 1.54) is 51.4 Å². The van der Waals surface area contributed by atoms with Gasteiger partial charge in [-0.05, 0) is 44.9 Å². The first kappa shape index (κ1) is 47.5. The number of carbonyl (C=O) groups excluding carboxylic acids is 2. The van der Waals surface area contributed by atoms with Gasteiger partial charge in [0.25, 0.3) is 0 Å². The molecule has 0 aliphatic carbocycles. The fourth-order valence-electron chi connectivity index (χ4n) is 5.69. The second kappa shape index (κ2) is 33.7. The van der Waals surface area contributed by atoms with Crippen molar-refractivity contribution in [2.75, 3.05) is 41.0 Å². The second-order valence-corrected chi connectivity index (χ2v) is 14.5. The Morgan fingerprint density at radius 2 is 1.12 bits per heavy atom. The van der Waals surface area contributed by atoms with Crippen molar-refractivity contribution in [3.05, 3.63) is 36.5 Å². The van der Waals surface area contributed by atoms with Crippen LogP contribution in [0.2, 0.25) is 0 Å². The Bertz CT molecular complexity index is 922. The number of carbonyl (C=O) groups is 3. The van der Waals surface area contributed by atoms with E-state index in [0.717, 1.165) is 77.0 Å². The SMILES string of the molecule is CC/C=C\C/C=C\C/C=C\CCCCCCCC(=O)OC(COCCC(C(=O)O)[N+](C)(C)C)COC(=O)CCCCCCCCCCCCC. The van der Waals surface area contributed by atoms with Gasteiger partial charge in [-0.25, -0.2) is 4.79 Å². The Hall–Kier alpha value is -2.45. The van der Waals surface area contributed by atoms with Crippen molar-refractivity contribution >= 4 is 17.9 Å². The van der Waals surface area contributed by atoms with Crippen molar-refractivity contribution in [1.82, 2.24) is 0 Å². The number of aliphatic carboxylic acids is 1. The van der Waals surface area contributed by atoms with Crippen LogP contribution >= 0.6 is 0 Å². The van der Waals surface area contributed by atoms with Crippen LogP contribution in [0, 0.1) is 0 Å². The van der Waals surface area contributed by atoms with Gasteiger partial charge in [-0.3, -0.25) is 9.59 Å². The third-order valence-corrected chi connectivity index (χ3v) is 8.80. The molecule has 0 aromatic rings. The van der Waals surface area contributed by atoms with Gasteiger partial charge in [-0.1, -0.05) is 134 Å². The van der Waals surface area contributed by atoms with Crippen LogP contribution < -0.4 is 0 Å². The Morgan fingerprint density at radius 3 is 1.66 bits per heavy atom. The topological polar surface area (TPSA) is 99.1 Å². The molecule has 0 spiro atoms. The van der Waals surface area contributed by atoms with Crippen LogP contribution in [0.1, 0.15) is 162 Å². The van der Waals surface area contributed by atoms with Crippen LogP contribution in [-0.2, 0) is 28.6 Å². The molecule has 50 heavy (non-hydrogen) atoms. The maximum Gasteiger partial charge on any atom is 0.362 e. The molecular weight excluding hydrogens is 630 g/mol. The van der Waals surface area contributed by atoms with E-state index in [0.29, 0.717) is 19.3 Å². The maximum atomic E-state index is 12.7. The van der Waals surface area contributed by atoms with Gasteiger partial charge in [0.15, 0.2) is 12.1 Å². The molecule has 0 aliphatic heterocycles. The molecule has 8 nitrogen and oxygen atoms in total. The lowest BCUT2D eigenvalue weighted by Crippen LogP contribution is -2.50. The van der Waals surface area contributed by atoms with Gasteiger partial charge < -0.3 is 23.8 Å². The van der Waals surface area contributed by atoms with Gasteiger partial charge in [0.2, 0.25) is 0 Å². The van der Waals surface area contributed by atoms with E-state index in [-0.39, 0.29) is 36.2 Å². The fraction of sp³-hybridized carbons (Fsp3) is 0.786. The van der Waals surface area contributed by atoms with Crippen LogP contribution in [0.4, 0.5) is 0 Å². The highest BCUT2D eigenvalue weighted by Crippen LogP contribution is 2.14. The molecule has 0 bridgehead atoms. The van der Waals surface area contributed by atoms with Crippen molar-refractivity contribution < 1.29 is 38.2 Å². The number of hydrogen-bond acceptors (Lipinski definition) is 6. The third kappa shape index (κ3) is 31.5. The van der Waals surface area contributed by atoms with E-state index in [1.54, 1.807) is 0 Å². The quantitative estimate of drug-likeness (QED) is 0.0303. The minimum absolute atomic E-state index is 0.0557. The molecule has 0 saturated carbocycles. The molecule has 0 aromatic carbocycles. The second-order valence-electron chi connectivity index (χ2n) is 14.5. The number of rotatable bonds is 35. The van der Waals surface area contributed by atoms with E-state index < -0.39 is 18.1 Å². The largest absolute Gasteiger partial charge is 0.477 e. The molecular formula is C42H76NO7+. The highest BCUT2D eigenvalue weighted by Gasteiger charge is 2.31. The summed E-state index contributed by atoms with van der Waals surface area (Å²) in [5.74, 6) is -1.49. The lowest BCUT2D eigenvalue weighted by molar-refractivity contribution is -0.887. The number of esters is 2. The van der Waals surface area contributed by atoms with Crippen molar-refractivity contribution in [2.24, 2.45) is 0 Å². The Balaban J connectivity index is 4.43.